The van der Waals surface area contributed by atoms with Crippen molar-refractivity contribution in [1.82, 2.24) is 14.7 Å². The maximum atomic E-state index is 12.7. The van der Waals surface area contributed by atoms with Crippen molar-refractivity contribution in [1.29, 1.82) is 0 Å². The van der Waals surface area contributed by atoms with Crippen LogP contribution in [0.25, 0.3) is 16.6 Å². The average molecular weight is 422 g/mol. The van der Waals surface area contributed by atoms with E-state index in [9.17, 15) is 18.0 Å². The number of amides is 1. The summed E-state index contributed by atoms with van der Waals surface area (Å²) in [5.41, 5.74) is 2.03. The molecule has 4 aromatic rings. The molecule has 0 atom stereocenters. The molecule has 2 aromatic heterocycles. The van der Waals surface area contributed by atoms with Crippen molar-refractivity contribution in [3.05, 3.63) is 88.3 Å². The van der Waals surface area contributed by atoms with E-state index in [4.69, 9.17) is 5.14 Å². The number of fused-ring (bicyclic) bond motifs is 2. The Hall–Kier alpha value is -3.56. The molecule has 0 saturated heterocycles. The molecular formula is C21H18N4O4S. The Balaban J connectivity index is 1.49. The van der Waals surface area contributed by atoms with Crippen molar-refractivity contribution in [2.45, 2.75) is 11.3 Å². The number of nitrogens with zero attached hydrogens (tertiary/aromatic N) is 2. The summed E-state index contributed by atoms with van der Waals surface area (Å²) >= 11 is 0. The second kappa shape index (κ2) is 7.69. The number of hydrogen-bond donors (Lipinski definition) is 2. The highest BCUT2D eigenvalue weighted by Crippen LogP contribution is 2.11. The fourth-order valence-electron chi connectivity index (χ4n) is 3.15. The second-order valence-electron chi connectivity index (χ2n) is 6.77. The van der Waals surface area contributed by atoms with Crippen molar-refractivity contribution >= 4 is 32.5 Å². The van der Waals surface area contributed by atoms with E-state index in [1.165, 1.54) is 22.7 Å². The van der Waals surface area contributed by atoms with Gasteiger partial charge in [-0.15, -0.1) is 0 Å². The quantitative estimate of drug-likeness (QED) is 0.472. The summed E-state index contributed by atoms with van der Waals surface area (Å²) in [6.07, 6.45) is 1.99. The van der Waals surface area contributed by atoms with E-state index in [1.807, 2.05) is 6.07 Å². The molecule has 0 saturated carbocycles. The second-order valence-corrected chi connectivity index (χ2v) is 8.34. The smallest absolute Gasteiger partial charge is 0.265 e. The van der Waals surface area contributed by atoms with Gasteiger partial charge < -0.3 is 5.32 Å². The summed E-state index contributed by atoms with van der Waals surface area (Å²) < 4.78 is 23.9. The third kappa shape index (κ3) is 3.93. The number of primary sulfonamides is 1. The van der Waals surface area contributed by atoms with Crippen molar-refractivity contribution in [3.63, 3.8) is 0 Å². The molecule has 0 aliphatic heterocycles. The van der Waals surface area contributed by atoms with Crippen LogP contribution in [0.1, 0.15) is 15.9 Å². The first-order chi connectivity index (χ1) is 14.3. The molecule has 1 amide bonds. The number of nitrogens with one attached hydrogen (secondary N) is 1. The van der Waals surface area contributed by atoms with E-state index in [0.717, 1.165) is 5.56 Å². The fraction of sp³-hybridized carbons (Fsp3) is 0.0952. The van der Waals surface area contributed by atoms with Gasteiger partial charge in [0.25, 0.3) is 11.5 Å². The first-order valence-electron chi connectivity index (χ1n) is 9.14. The Labute approximate surface area is 172 Å². The highest BCUT2D eigenvalue weighted by Gasteiger charge is 2.10. The summed E-state index contributed by atoms with van der Waals surface area (Å²) in [5.74, 6) is -0.321. The number of aromatic nitrogens is 2. The van der Waals surface area contributed by atoms with Gasteiger partial charge in [-0.25, -0.2) is 18.5 Å². The lowest BCUT2D eigenvalue weighted by Crippen LogP contribution is -2.27. The number of sulfonamides is 1. The molecule has 152 valence electrons. The number of hydrogen-bond acceptors (Lipinski definition) is 5. The number of benzene rings is 2. The summed E-state index contributed by atoms with van der Waals surface area (Å²) in [6.45, 7) is 0.344. The fourth-order valence-corrected chi connectivity index (χ4v) is 3.67. The van der Waals surface area contributed by atoms with Crippen molar-refractivity contribution in [2.75, 3.05) is 6.54 Å². The number of carbonyl (C=O) groups is 1. The average Bonchev–Trinajstić information content (AvgIpc) is 2.73. The molecule has 30 heavy (non-hydrogen) atoms. The van der Waals surface area contributed by atoms with Gasteiger partial charge in [-0.05, 0) is 48.4 Å². The van der Waals surface area contributed by atoms with Crippen molar-refractivity contribution < 1.29 is 13.2 Å². The van der Waals surface area contributed by atoms with E-state index in [2.05, 4.69) is 10.3 Å². The van der Waals surface area contributed by atoms with Gasteiger partial charge in [-0.2, -0.15) is 0 Å². The summed E-state index contributed by atoms with van der Waals surface area (Å²) in [6, 6.07) is 16.5. The molecule has 0 bridgehead atoms. The van der Waals surface area contributed by atoms with Crippen molar-refractivity contribution in [3.8, 4) is 0 Å². The van der Waals surface area contributed by atoms with Gasteiger partial charge in [-0.1, -0.05) is 24.3 Å². The van der Waals surface area contributed by atoms with Crippen LogP contribution in [0.15, 0.2) is 76.6 Å². The molecule has 2 heterocycles. The molecule has 0 aliphatic carbocycles. The standard InChI is InChI=1S/C21H18N4O4S/c22-30(28,29)16-8-5-14(6-9-16)11-12-23-20(26)15-7-10-19-24-18-4-2-1-3-17(18)21(27)25(19)13-15/h1-10,13H,11-12H2,(H,23,26)(H2,22,28,29). The Morgan fingerprint density at radius 1 is 1.03 bits per heavy atom. The van der Waals surface area contributed by atoms with Gasteiger partial charge in [0, 0.05) is 12.7 Å². The number of pyridine rings is 1. The molecule has 0 spiro atoms. The third-order valence-electron chi connectivity index (χ3n) is 4.73. The third-order valence-corrected chi connectivity index (χ3v) is 5.66. The van der Waals surface area contributed by atoms with Crippen LogP contribution >= 0.6 is 0 Å². The van der Waals surface area contributed by atoms with Gasteiger partial charge in [0.05, 0.1) is 21.4 Å². The van der Waals surface area contributed by atoms with Gasteiger partial charge >= 0.3 is 0 Å². The van der Waals surface area contributed by atoms with Gasteiger partial charge in [-0.3, -0.25) is 14.0 Å². The maximum Gasteiger partial charge on any atom is 0.265 e. The predicted octanol–water partition coefficient (Wildman–Crippen LogP) is 1.47. The van der Waals surface area contributed by atoms with Crippen LogP contribution in [-0.4, -0.2) is 30.3 Å². The van der Waals surface area contributed by atoms with Gasteiger partial charge in [0.2, 0.25) is 10.0 Å². The lowest BCUT2D eigenvalue weighted by Gasteiger charge is -2.08. The minimum Gasteiger partial charge on any atom is -0.352 e. The maximum absolute atomic E-state index is 12.7. The minimum absolute atomic E-state index is 0.0398. The van der Waals surface area contributed by atoms with Gasteiger partial charge in [0.1, 0.15) is 5.65 Å². The van der Waals surface area contributed by atoms with E-state index in [0.29, 0.717) is 35.1 Å². The zero-order chi connectivity index (χ0) is 21.3. The summed E-state index contributed by atoms with van der Waals surface area (Å²) in [7, 11) is -3.73. The molecule has 4 rings (SSSR count). The summed E-state index contributed by atoms with van der Waals surface area (Å²) in [4.78, 5) is 29.7. The Bertz CT molecular complexity index is 1430. The number of para-hydroxylation sites is 1. The SMILES string of the molecule is NS(=O)(=O)c1ccc(CCNC(=O)c2ccc3nc4ccccc4c(=O)n3c2)cc1. The molecule has 0 fully saturated rings. The molecule has 8 nitrogen and oxygen atoms in total. The zero-order valence-electron chi connectivity index (χ0n) is 15.8. The predicted molar refractivity (Wildman–Crippen MR) is 113 cm³/mol. The van der Waals surface area contributed by atoms with Crippen LogP contribution in [-0.2, 0) is 16.4 Å². The van der Waals surface area contributed by atoms with E-state index >= 15 is 0 Å². The Kier molecular flexibility index (Phi) is 5.06. The highest BCUT2D eigenvalue weighted by molar-refractivity contribution is 7.89. The van der Waals surface area contributed by atoms with E-state index < -0.39 is 10.0 Å². The van der Waals surface area contributed by atoms with Crippen LogP contribution < -0.4 is 16.0 Å². The van der Waals surface area contributed by atoms with Crippen molar-refractivity contribution in [2.24, 2.45) is 5.14 Å². The Morgan fingerprint density at radius 2 is 1.77 bits per heavy atom. The molecule has 2 aromatic carbocycles. The number of carbonyl (C=O) groups excluding carboxylic acids is 1. The van der Waals surface area contributed by atoms with Crippen LogP contribution in [0.4, 0.5) is 0 Å². The first kappa shape index (κ1) is 19.7. The monoisotopic (exact) mass is 422 g/mol. The summed E-state index contributed by atoms with van der Waals surface area (Å²) in [5, 5.41) is 8.36. The Morgan fingerprint density at radius 3 is 2.50 bits per heavy atom. The van der Waals surface area contributed by atoms with Gasteiger partial charge in [0.15, 0.2) is 0 Å². The normalized spacial score (nSPS) is 11.6. The number of nitrogens with two attached hydrogens (primary N) is 1. The first-order valence-corrected chi connectivity index (χ1v) is 10.7. The largest absolute Gasteiger partial charge is 0.352 e. The van der Waals surface area contributed by atoms with E-state index in [-0.39, 0.29) is 16.4 Å². The molecule has 9 heteroatoms. The minimum atomic E-state index is -3.73. The van der Waals surface area contributed by atoms with Crippen LogP contribution in [0.5, 0.6) is 0 Å². The topological polar surface area (TPSA) is 124 Å². The molecule has 0 unspecified atom stereocenters. The highest BCUT2D eigenvalue weighted by atomic mass is 32.2. The zero-order valence-corrected chi connectivity index (χ0v) is 16.6. The molecule has 0 aliphatic rings. The molecule has 0 radical (unpaired) electrons. The van der Waals surface area contributed by atoms with Crippen LogP contribution in [0.2, 0.25) is 0 Å². The van der Waals surface area contributed by atoms with E-state index in [1.54, 1.807) is 42.5 Å². The van der Waals surface area contributed by atoms with Crippen LogP contribution in [0.3, 0.4) is 0 Å². The van der Waals surface area contributed by atoms with Crippen LogP contribution in [0, 0.1) is 0 Å². The molecule has 3 N–H and O–H groups in total. The lowest BCUT2D eigenvalue weighted by molar-refractivity contribution is 0.0953. The molecular weight excluding hydrogens is 404 g/mol. The lowest BCUT2D eigenvalue weighted by atomic mass is 10.1. The number of rotatable bonds is 5.